The molecule has 4 aromatic heterocycles. The van der Waals surface area contributed by atoms with Gasteiger partial charge >= 0.3 is 0 Å². The Bertz CT molecular complexity index is 1370. The molecular weight excluding hydrogens is 430 g/mol. The maximum Gasteiger partial charge on any atom is 0.273 e. The lowest BCUT2D eigenvalue weighted by Gasteiger charge is -2.08. The molecule has 1 amide bonds. The zero-order chi connectivity index (χ0) is 21.4. The van der Waals surface area contributed by atoms with Gasteiger partial charge in [0.2, 0.25) is 0 Å². The zero-order valence-corrected chi connectivity index (χ0v) is 18.2. The van der Waals surface area contributed by atoms with E-state index in [2.05, 4.69) is 21.5 Å². The van der Waals surface area contributed by atoms with Crippen LogP contribution in [0.15, 0.2) is 72.5 Å². The molecule has 0 spiro atoms. The summed E-state index contributed by atoms with van der Waals surface area (Å²) in [6, 6.07) is 16.0. The van der Waals surface area contributed by atoms with Gasteiger partial charge in [0.15, 0.2) is 5.69 Å². The van der Waals surface area contributed by atoms with Crippen LogP contribution in [-0.2, 0) is 13.6 Å². The number of fused-ring (bicyclic) bond motifs is 1. The van der Waals surface area contributed by atoms with Crippen LogP contribution < -0.4 is 5.32 Å². The molecule has 8 heteroatoms. The first kappa shape index (κ1) is 19.5. The van der Waals surface area contributed by atoms with Gasteiger partial charge in [-0.1, -0.05) is 48.0 Å². The molecule has 4 heterocycles. The fourth-order valence-corrected chi connectivity index (χ4v) is 4.39. The summed E-state index contributed by atoms with van der Waals surface area (Å²) in [6.07, 6.45) is 5.61. The van der Waals surface area contributed by atoms with Gasteiger partial charge in [0.05, 0.1) is 12.7 Å². The Morgan fingerprint density at radius 1 is 1.10 bits per heavy atom. The van der Waals surface area contributed by atoms with Gasteiger partial charge in [0.25, 0.3) is 5.91 Å². The molecule has 154 valence electrons. The average Bonchev–Trinajstić information content (AvgIpc) is 3.53. The minimum absolute atomic E-state index is 0.202. The minimum Gasteiger partial charge on any atom is -0.346 e. The second kappa shape index (κ2) is 8.02. The fourth-order valence-electron chi connectivity index (χ4n) is 3.49. The van der Waals surface area contributed by atoms with Crippen LogP contribution in [0.5, 0.6) is 0 Å². The van der Waals surface area contributed by atoms with Gasteiger partial charge in [-0.25, -0.2) is 4.98 Å². The summed E-state index contributed by atoms with van der Waals surface area (Å²) in [4.78, 5) is 18.5. The third-order valence-corrected chi connectivity index (χ3v) is 6.24. The van der Waals surface area contributed by atoms with Crippen LogP contribution in [0.2, 0.25) is 5.15 Å². The molecule has 0 radical (unpaired) electrons. The van der Waals surface area contributed by atoms with E-state index in [4.69, 9.17) is 11.6 Å². The van der Waals surface area contributed by atoms with Crippen molar-refractivity contribution in [1.29, 1.82) is 0 Å². The number of nitrogens with zero attached hydrogens (tertiary/aromatic N) is 4. The van der Waals surface area contributed by atoms with Gasteiger partial charge in [-0.3, -0.25) is 13.9 Å². The first-order valence-electron chi connectivity index (χ1n) is 9.67. The van der Waals surface area contributed by atoms with Crippen molar-refractivity contribution in [1.82, 2.24) is 24.5 Å². The quantitative estimate of drug-likeness (QED) is 0.410. The topological polar surface area (TPSA) is 64.2 Å². The average molecular weight is 448 g/mol. The molecule has 0 atom stereocenters. The number of rotatable bonds is 5. The molecule has 0 unspecified atom stereocenters. The molecule has 0 aliphatic carbocycles. The summed E-state index contributed by atoms with van der Waals surface area (Å²) < 4.78 is 3.51. The van der Waals surface area contributed by atoms with Crippen LogP contribution in [-0.4, -0.2) is 25.1 Å². The van der Waals surface area contributed by atoms with E-state index in [0.29, 0.717) is 12.2 Å². The summed E-state index contributed by atoms with van der Waals surface area (Å²) in [5.41, 5.74) is 4.58. The van der Waals surface area contributed by atoms with Crippen molar-refractivity contribution in [3.8, 4) is 22.3 Å². The Labute approximate surface area is 187 Å². The van der Waals surface area contributed by atoms with Gasteiger partial charge in [-0.15, -0.1) is 11.3 Å². The number of halogens is 1. The van der Waals surface area contributed by atoms with Gasteiger partial charge < -0.3 is 5.32 Å². The second-order valence-corrected chi connectivity index (χ2v) is 8.51. The third kappa shape index (κ3) is 3.73. The Morgan fingerprint density at radius 2 is 1.94 bits per heavy atom. The van der Waals surface area contributed by atoms with E-state index in [-0.39, 0.29) is 16.8 Å². The zero-order valence-electron chi connectivity index (χ0n) is 16.6. The van der Waals surface area contributed by atoms with Crippen molar-refractivity contribution in [3.05, 3.63) is 88.2 Å². The number of benzene rings is 1. The predicted octanol–water partition coefficient (Wildman–Crippen LogP) is 5.05. The number of carbonyl (C=O) groups excluding carboxylic acids is 1. The molecule has 1 aromatic carbocycles. The summed E-state index contributed by atoms with van der Waals surface area (Å²) in [7, 11) is 1.86. The van der Waals surface area contributed by atoms with E-state index in [1.165, 1.54) is 0 Å². The SMILES string of the molecule is Cn1cc(-c2cc(-c3ccccc3)cn3c(Cl)c(C(=O)NCc4cccs4)nc23)cn1. The van der Waals surface area contributed by atoms with E-state index in [9.17, 15) is 4.79 Å². The lowest BCUT2D eigenvalue weighted by molar-refractivity contribution is 0.0947. The number of pyridine rings is 1. The monoisotopic (exact) mass is 447 g/mol. The van der Waals surface area contributed by atoms with Gasteiger partial charge in [0, 0.05) is 35.4 Å². The number of hydrogen-bond donors (Lipinski definition) is 1. The van der Waals surface area contributed by atoms with Gasteiger partial charge in [-0.2, -0.15) is 5.10 Å². The highest BCUT2D eigenvalue weighted by Crippen LogP contribution is 2.32. The fraction of sp³-hybridized carbons (Fsp3) is 0.0870. The number of aryl methyl sites for hydroxylation is 1. The Kier molecular flexibility index (Phi) is 5.05. The highest BCUT2D eigenvalue weighted by molar-refractivity contribution is 7.09. The van der Waals surface area contributed by atoms with Crippen molar-refractivity contribution in [2.45, 2.75) is 6.54 Å². The number of amides is 1. The minimum atomic E-state index is -0.305. The first-order chi connectivity index (χ1) is 15.1. The van der Waals surface area contributed by atoms with E-state index in [1.807, 2.05) is 67.3 Å². The summed E-state index contributed by atoms with van der Waals surface area (Å²) in [5, 5.41) is 9.46. The van der Waals surface area contributed by atoms with E-state index >= 15 is 0 Å². The van der Waals surface area contributed by atoms with Crippen LogP contribution in [0.25, 0.3) is 27.9 Å². The molecule has 0 saturated carbocycles. The summed E-state index contributed by atoms with van der Waals surface area (Å²) in [6.45, 7) is 0.436. The summed E-state index contributed by atoms with van der Waals surface area (Å²) >= 11 is 8.25. The molecule has 0 saturated heterocycles. The lowest BCUT2D eigenvalue weighted by atomic mass is 10.0. The predicted molar refractivity (Wildman–Crippen MR) is 123 cm³/mol. The van der Waals surface area contributed by atoms with Crippen LogP contribution in [0, 0.1) is 0 Å². The highest BCUT2D eigenvalue weighted by atomic mass is 35.5. The second-order valence-electron chi connectivity index (χ2n) is 7.12. The van der Waals surface area contributed by atoms with Crippen LogP contribution >= 0.6 is 22.9 Å². The standard InChI is InChI=1S/C23H18ClN5OS/c1-28-13-17(11-26-28)19-10-16(15-6-3-2-4-7-15)14-29-21(24)20(27-22(19)29)23(30)25-12-18-8-5-9-31-18/h2-11,13-14H,12H2,1H3,(H,25,30). The smallest absolute Gasteiger partial charge is 0.273 e. The molecule has 5 aromatic rings. The number of nitrogens with one attached hydrogen (secondary N) is 1. The normalized spacial score (nSPS) is 11.2. The maximum absolute atomic E-state index is 12.9. The Morgan fingerprint density at radius 3 is 2.65 bits per heavy atom. The molecule has 31 heavy (non-hydrogen) atoms. The number of aromatic nitrogens is 4. The molecule has 0 aliphatic heterocycles. The van der Waals surface area contributed by atoms with Crippen molar-refractivity contribution in [2.75, 3.05) is 0 Å². The van der Waals surface area contributed by atoms with E-state index in [0.717, 1.165) is 27.1 Å². The molecule has 6 nitrogen and oxygen atoms in total. The Balaban J connectivity index is 1.63. The van der Waals surface area contributed by atoms with Crippen LogP contribution in [0.3, 0.4) is 0 Å². The first-order valence-corrected chi connectivity index (χ1v) is 10.9. The van der Waals surface area contributed by atoms with Crippen LogP contribution in [0.4, 0.5) is 0 Å². The third-order valence-electron chi connectivity index (χ3n) is 5.00. The van der Waals surface area contributed by atoms with Crippen molar-refractivity contribution < 1.29 is 4.79 Å². The molecular formula is C23H18ClN5OS. The van der Waals surface area contributed by atoms with Crippen molar-refractivity contribution in [3.63, 3.8) is 0 Å². The van der Waals surface area contributed by atoms with E-state index in [1.54, 1.807) is 26.6 Å². The van der Waals surface area contributed by atoms with Crippen LogP contribution in [0.1, 0.15) is 15.4 Å². The maximum atomic E-state index is 12.9. The number of thiophene rings is 1. The van der Waals surface area contributed by atoms with Gasteiger partial charge in [-0.05, 0) is 28.6 Å². The van der Waals surface area contributed by atoms with Gasteiger partial charge in [0.1, 0.15) is 10.8 Å². The molecule has 0 bridgehead atoms. The highest BCUT2D eigenvalue weighted by Gasteiger charge is 2.21. The molecule has 5 rings (SSSR count). The number of hydrogen-bond acceptors (Lipinski definition) is 4. The van der Waals surface area contributed by atoms with E-state index < -0.39 is 0 Å². The molecule has 0 aliphatic rings. The summed E-state index contributed by atoms with van der Waals surface area (Å²) in [5.74, 6) is -0.305. The van der Waals surface area contributed by atoms with Crippen molar-refractivity contribution in [2.24, 2.45) is 7.05 Å². The molecule has 1 N–H and O–H groups in total. The lowest BCUT2D eigenvalue weighted by Crippen LogP contribution is -2.23. The van der Waals surface area contributed by atoms with Crippen molar-refractivity contribution >= 4 is 34.5 Å². The number of imidazole rings is 1. The molecule has 0 fully saturated rings. The Hall–Kier alpha value is -3.42. The number of carbonyl (C=O) groups is 1. The largest absolute Gasteiger partial charge is 0.346 e.